The summed E-state index contributed by atoms with van der Waals surface area (Å²) in [5.41, 5.74) is -1.02. The molecule has 2 aromatic rings. The van der Waals surface area contributed by atoms with Gasteiger partial charge < -0.3 is 10.6 Å². The molecule has 1 aliphatic heterocycles. The zero-order chi connectivity index (χ0) is 19.8. The third-order valence-corrected chi connectivity index (χ3v) is 4.52. The molecule has 0 spiro atoms. The van der Waals surface area contributed by atoms with Crippen molar-refractivity contribution in [3.8, 4) is 0 Å². The van der Waals surface area contributed by atoms with Crippen molar-refractivity contribution in [3.05, 3.63) is 64.7 Å². The number of halogens is 3. The minimum atomic E-state index is -1.42. The summed E-state index contributed by atoms with van der Waals surface area (Å²) >= 11 is 6.13. The van der Waals surface area contributed by atoms with E-state index >= 15 is 0 Å². The van der Waals surface area contributed by atoms with Crippen LogP contribution in [0.2, 0.25) is 5.02 Å². The highest BCUT2D eigenvalue weighted by atomic mass is 35.5. The number of amides is 4. The first kappa shape index (κ1) is 18.8. The van der Waals surface area contributed by atoms with E-state index in [0.717, 1.165) is 23.1 Å². The first-order valence-corrected chi connectivity index (χ1v) is 8.24. The van der Waals surface area contributed by atoms with Crippen LogP contribution >= 0.6 is 11.6 Å². The summed E-state index contributed by atoms with van der Waals surface area (Å²) in [6, 6.07) is 8.60. The molecule has 0 unspecified atom stereocenters. The van der Waals surface area contributed by atoms with Crippen LogP contribution in [0.5, 0.6) is 0 Å². The Bertz CT molecular complexity index is 953. The molecule has 0 saturated carbocycles. The third-order valence-electron chi connectivity index (χ3n) is 4.19. The fraction of sp³-hybridized carbons (Fsp3) is 0.167. The van der Waals surface area contributed by atoms with Gasteiger partial charge in [0.25, 0.3) is 5.91 Å². The van der Waals surface area contributed by atoms with Gasteiger partial charge in [-0.25, -0.2) is 13.6 Å². The molecule has 0 aromatic heterocycles. The lowest BCUT2D eigenvalue weighted by atomic mass is 9.92. The fourth-order valence-corrected chi connectivity index (χ4v) is 3.13. The Labute approximate surface area is 158 Å². The second-order valence-electron chi connectivity index (χ2n) is 6.10. The predicted octanol–water partition coefficient (Wildman–Crippen LogP) is 3.02. The molecule has 9 heteroatoms. The van der Waals surface area contributed by atoms with Crippen LogP contribution in [0, 0.1) is 11.6 Å². The van der Waals surface area contributed by atoms with Crippen molar-refractivity contribution in [2.75, 3.05) is 11.9 Å². The molecule has 27 heavy (non-hydrogen) atoms. The molecule has 0 aliphatic carbocycles. The molecule has 1 aliphatic rings. The van der Waals surface area contributed by atoms with Crippen molar-refractivity contribution in [2.45, 2.75) is 12.5 Å². The molecular formula is C18H14ClF2N3O3. The normalized spacial score (nSPS) is 19.2. The molecule has 0 bridgehead atoms. The van der Waals surface area contributed by atoms with Gasteiger partial charge in [-0.15, -0.1) is 0 Å². The summed E-state index contributed by atoms with van der Waals surface area (Å²) in [5, 5.41) is 5.14. The second kappa shape index (κ2) is 6.96. The maximum atomic E-state index is 13.2. The van der Waals surface area contributed by atoms with Crippen molar-refractivity contribution in [1.82, 2.24) is 10.2 Å². The highest BCUT2D eigenvalue weighted by Gasteiger charge is 2.50. The Morgan fingerprint density at radius 3 is 2.56 bits per heavy atom. The van der Waals surface area contributed by atoms with Crippen molar-refractivity contribution in [2.24, 2.45) is 0 Å². The lowest BCUT2D eigenvalue weighted by molar-refractivity contribution is -0.133. The van der Waals surface area contributed by atoms with Crippen molar-refractivity contribution >= 4 is 35.1 Å². The number of nitrogens with zero attached hydrogens (tertiary/aromatic N) is 1. The SMILES string of the molecule is C[C@@]1(c2ccccc2Cl)NC(=O)N(CC(=O)Nc2ccc(F)c(F)c2)C1=O. The van der Waals surface area contributed by atoms with Crippen molar-refractivity contribution < 1.29 is 23.2 Å². The second-order valence-corrected chi connectivity index (χ2v) is 6.51. The van der Waals surface area contributed by atoms with Gasteiger partial charge in [-0.3, -0.25) is 14.5 Å². The Hall–Kier alpha value is -3.00. The molecule has 1 fully saturated rings. The zero-order valence-electron chi connectivity index (χ0n) is 14.1. The van der Waals surface area contributed by atoms with Crippen molar-refractivity contribution in [1.29, 1.82) is 0 Å². The number of carbonyl (C=O) groups excluding carboxylic acids is 3. The van der Waals surface area contributed by atoms with Gasteiger partial charge in [-0.1, -0.05) is 29.8 Å². The Kier molecular flexibility index (Phi) is 4.84. The largest absolute Gasteiger partial charge is 0.325 e. The third kappa shape index (κ3) is 3.48. The molecule has 1 atom stereocenters. The summed E-state index contributed by atoms with van der Waals surface area (Å²) in [7, 11) is 0. The zero-order valence-corrected chi connectivity index (χ0v) is 14.8. The predicted molar refractivity (Wildman–Crippen MR) is 94.0 cm³/mol. The lowest BCUT2D eigenvalue weighted by Crippen LogP contribution is -2.42. The minimum absolute atomic E-state index is 0.000167. The number of hydrogen-bond acceptors (Lipinski definition) is 3. The Morgan fingerprint density at radius 2 is 1.89 bits per heavy atom. The van der Waals surface area contributed by atoms with Crippen LogP contribution in [-0.2, 0) is 15.1 Å². The summed E-state index contributed by atoms with van der Waals surface area (Å²) in [4.78, 5) is 37.9. The molecule has 2 aromatic carbocycles. The van der Waals surface area contributed by atoms with E-state index in [9.17, 15) is 23.2 Å². The van der Waals surface area contributed by atoms with Crippen LogP contribution in [0.4, 0.5) is 19.3 Å². The summed E-state index contributed by atoms with van der Waals surface area (Å²) in [6.07, 6.45) is 0. The monoisotopic (exact) mass is 393 g/mol. The number of nitrogens with one attached hydrogen (secondary N) is 2. The van der Waals surface area contributed by atoms with Gasteiger partial charge in [-0.05, 0) is 25.1 Å². The van der Waals surface area contributed by atoms with Crippen LogP contribution in [0.3, 0.4) is 0 Å². The van der Waals surface area contributed by atoms with E-state index < -0.39 is 41.6 Å². The molecule has 4 amide bonds. The molecule has 6 nitrogen and oxygen atoms in total. The molecule has 1 saturated heterocycles. The smallest absolute Gasteiger partial charge is 0.324 e. The van der Waals surface area contributed by atoms with E-state index in [4.69, 9.17) is 11.6 Å². The number of urea groups is 1. The first-order valence-electron chi connectivity index (χ1n) is 7.86. The van der Waals surface area contributed by atoms with Crippen LogP contribution < -0.4 is 10.6 Å². The Balaban J connectivity index is 1.76. The van der Waals surface area contributed by atoms with Crippen LogP contribution in [0.1, 0.15) is 12.5 Å². The van der Waals surface area contributed by atoms with E-state index in [-0.39, 0.29) is 5.69 Å². The molecule has 1 heterocycles. The number of anilines is 1. The van der Waals surface area contributed by atoms with E-state index in [1.807, 2.05) is 0 Å². The van der Waals surface area contributed by atoms with E-state index in [2.05, 4.69) is 10.6 Å². The van der Waals surface area contributed by atoms with Gasteiger partial charge >= 0.3 is 6.03 Å². The van der Waals surface area contributed by atoms with Gasteiger partial charge in [0.05, 0.1) is 0 Å². The molecular weight excluding hydrogens is 380 g/mol. The molecule has 2 N–H and O–H groups in total. The number of imide groups is 1. The quantitative estimate of drug-likeness (QED) is 0.784. The van der Waals surface area contributed by atoms with E-state index in [1.165, 1.54) is 6.92 Å². The van der Waals surface area contributed by atoms with E-state index in [1.54, 1.807) is 24.3 Å². The van der Waals surface area contributed by atoms with Gasteiger partial charge in [0, 0.05) is 22.3 Å². The number of rotatable bonds is 4. The standard InChI is InChI=1S/C18H14ClF2N3O3/c1-18(11-4-2-3-5-12(11)19)16(26)24(17(27)23-18)9-15(25)22-10-6-7-13(20)14(21)8-10/h2-8H,9H2,1H3,(H,22,25)(H,23,27)/t18-/m0/s1. The van der Waals surface area contributed by atoms with E-state index in [0.29, 0.717) is 10.6 Å². The van der Waals surface area contributed by atoms with Gasteiger partial charge in [0.1, 0.15) is 12.1 Å². The molecule has 0 radical (unpaired) electrons. The number of carbonyl (C=O) groups is 3. The topological polar surface area (TPSA) is 78.5 Å². The highest BCUT2D eigenvalue weighted by Crippen LogP contribution is 2.33. The van der Waals surface area contributed by atoms with Crippen LogP contribution in [-0.4, -0.2) is 29.3 Å². The number of hydrogen-bond donors (Lipinski definition) is 2. The summed E-state index contributed by atoms with van der Waals surface area (Å²) < 4.78 is 26.2. The maximum Gasteiger partial charge on any atom is 0.325 e. The first-order chi connectivity index (χ1) is 12.7. The minimum Gasteiger partial charge on any atom is -0.324 e. The van der Waals surface area contributed by atoms with Crippen LogP contribution in [0.25, 0.3) is 0 Å². The van der Waals surface area contributed by atoms with Crippen molar-refractivity contribution in [3.63, 3.8) is 0 Å². The summed E-state index contributed by atoms with van der Waals surface area (Å²) in [6.45, 7) is 0.894. The molecule has 3 rings (SSSR count). The average Bonchev–Trinajstić information content (AvgIpc) is 2.82. The fourth-order valence-electron chi connectivity index (χ4n) is 2.81. The number of benzene rings is 2. The summed E-state index contributed by atoms with van der Waals surface area (Å²) in [5.74, 6) is -3.58. The van der Waals surface area contributed by atoms with Gasteiger partial charge in [0.15, 0.2) is 11.6 Å². The average molecular weight is 394 g/mol. The maximum absolute atomic E-state index is 13.2. The highest BCUT2D eigenvalue weighted by molar-refractivity contribution is 6.32. The van der Waals surface area contributed by atoms with Gasteiger partial charge in [0.2, 0.25) is 5.91 Å². The Morgan fingerprint density at radius 1 is 1.19 bits per heavy atom. The molecule has 140 valence electrons. The van der Waals surface area contributed by atoms with Gasteiger partial charge in [-0.2, -0.15) is 0 Å². The van der Waals surface area contributed by atoms with Crippen LogP contribution in [0.15, 0.2) is 42.5 Å². The lowest BCUT2D eigenvalue weighted by Gasteiger charge is -2.23.